The Morgan fingerprint density at radius 2 is 1.57 bits per heavy atom. The topological polar surface area (TPSA) is 51.8 Å². The van der Waals surface area contributed by atoms with Gasteiger partial charge in [0.25, 0.3) is 0 Å². The number of pyridine rings is 1. The fourth-order valence-electron chi connectivity index (χ4n) is 7.08. The van der Waals surface area contributed by atoms with Gasteiger partial charge in [0.1, 0.15) is 11.4 Å². The van der Waals surface area contributed by atoms with Gasteiger partial charge >= 0.3 is 0 Å². The molecule has 0 spiro atoms. The summed E-state index contributed by atoms with van der Waals surface area (Å²) in [6.07, 6.45) is 5.36. The molecule has 3 aromatic heterocycles. The van der Waals surface area contributed by atoms with Gasteiger partial charge in [0, 0.05) is 43.6 Å². The summed E-state index contributed by atoms with van der Waals surface area (Å²) in [7, 11) is 0. The summed E-state index contributed by atoms with van der Waals surface area (Å²) in [6, 6.07) is 32.9. The van der Waals surface area contributed by atoms with Crippen molar-refractivity contribution in [2.24, 2.45) is 11.3 Å². The van der Waals surface area contributed by atoms with E-state index in [-0.39, 0.29) is 31.3 Å². The molecule has 3 heterocycles. The molecular formula is C47H44FIrN3O-2. The van der Waals surface area contributed by atoms with E-state index in [1.54, 1.807) is 12.3 Å². The number of benzene rings is 5. The molecule has 4 nitrogen and oxygen atoms in total. The predicted molar refractivity (Wildman–Crippen MR) is 213 cm³/mol. The van der Waals surface area contributed by atoms with E-state index in [0.717, 1.165) is 83.7 Å². The molecule has 6 heteroatoms. The van der Waals surface area contributed by atoms with Crippen molar-refractivity contribution < 1.29 is 28.9 Å². The quantitative estimate of drug-likeness (QED) is 0.162. The van der Waals surface area contributed by atoms with Gasteiger partial charge in [-0.1, -0.05) is 96.7 Å². The van der Waals surface area contributed by atoms with Crippen LogP contribution in [0, 0.1) is 50.1 Å². The van der Waals surface area contributed by atoms with Gasteiger partial charge in [0.15, 0.2) is 0 Å². The molecule has 0 N–H and O–H groups in total. The molecule has 5 aromatic carbocycles. The predicted octanol–water partition coefficient (Wildman–Crippen LogP) is 12.5. The number of rotatable bonds is 5. The smallest absolute Gasteiger partial charge is 0.126 e. The van der Waals surface area contributed by atoms with Crippen molar-refractivity contribution in [2.75, 3.05) is 0 Å². The van der Waals surface area contributed by atoms with E-state index in [2.05, 4.69) is 107 Å². The monoisotopic (exact) mass is 878 g/mol. The Morgan fingerprint density at radius 1 is 0.792 bits per heavy atom. The molecule has 0 saturated heterocycles. The summed E-state index contributed by atoms with van der Waals surface area (Å²) in [4.78, 5) is 14.1. The summed E-state index contributed by atoms with van der Waals surface area (Å²) in [5, 5.41) is 3.83. The van der Waals surface area contributed by atoms with E-state index in [1.807, 2.05) is 49.5 Å². The molecule has 8 aromatic rings. The first-order valence-corrected chi connectivity index (χ1v) is 18.0. The molecule has 0 amide bonds. The van der Waals surface area contributed by atoms with Crippen LogP contribution in [0.15, 0.2) is 95.7 Å². The number of furan rings is 1. The van der Waals surface area contributed by atoms with E-state index in [4.69, 9.17) is 9.40 Å². The second-order valence-electron chi connectivity index (χ2n) is 15.6. The van der Waals surface area contributed by atoms with Crippen molar-refractivity contribution >= 4 is 43.7 Å². The standard InChI is InChI=1S/C27H23FNO.C20H21N2.Ir/c1-16-11-21-19-7-5-6-8-24(19)30-26(21)22(12-16)25-20-14-23(28)18(15-27(2,3)4)13-17(20)9-10-29-25;1-13(2)8-16-6-5-7-18-20(16)21-12-19(22-18)17-10-14(3)9-15(4)11-17;/h5-11,13-14H,15H2,1-4H3;5-7,9-10,12-13H,8H2,1-4H3;/q2*-1;. The summed E-state index contributed by atoms with van der Waals surface area (Å²) >= 11 is 0. The maximum atomic E-state index is 15.0. The number of fused-ring (bicyclic) bond motifs is 5. The molecule has 0 atom stereocenters. The summed E-state index contributed by atoms with van der Waals surface area (Å²) < 4.78 is 21.2. The fraction of sp³-hybridized carbons (Fsp3) is 0.255. The first-order valence-electron chi connectivity index (χ1n) is 18.0. The molecule has 8 rings (SSSR count). The van der Waals surface area contributed by atoms with Crippen LogP contribution in [0.3, 0.4) is 0 Å². The van der Waals surface area contributed by atoms with E-state index < -0.39 is 0 Å². The molecule has 0 fully saturated rings. The SMILES string of the molecule is Cc1[c-]c(-c2cnc3c(CC(C)C)cccc3n2)cc(C)c1.Cc1[c-]c(-c2nccc3cc(CC(C)(C)C)c(F)cc23)c2oc3ccccc3c2c1.[Ir]. The maximum absolute atomic E-state index is 15.0. The van der Waals surface area contributed by atoms with Gasteiger partial charge in [-0.05, 0) is 82.1 Å². The zero-order valence-corrected chi connectivity index (χ0v) is 34.0. The fourth-order valence-corrected chi connectivity index (χ4v) is 7.08. The molecule has 0 aliphatic rings. The van der Waals surface area contributed by atoms with Crippen LogP contribution < -0.4 is 0 Å². The average Bonchev–Trinajstić information content (AvgIpc) is 3.45. The van der Waals surface area contributed by atoms with Gasteiger partial charge in [-0.2, -0.15) is 0 Å². The molecule has 271 valence electrons. The molecule has 0 aliphatic heterocycles. The van der Waals surface area contributed by atoms with Gasteiger partial charge in [-0.3, -0.25) is 9.97 Å². The Bertz CT molecular complexity index is 2580. The zero-order valence-electron chi connectivity index (χ0n) is 31.6. The summed E-state index contributed by atoms with van der Waals surface area (Å²) in [5.74, 6) is 0.417. The van der Waals surface area contributed by atoms with E-state index in [1.165, 1.54) is 11.1 Å². The van der Waals surface area contributed by atoms with Crippen LogP contribution in [0.5, 0.6) is 0 Å². The van der Waals surface area contributed by atoms with Crippen LogP contribution in [-0.2, 0) is 32.9 Å². The normalized spacial score (nSPS) is 11.7. The largest absolute Gasteiger partial charge is 0.501 e. The van der Waals surface area contributed by atoms with Crippen LogP contribution in [-0.4, -0.2) is 15.0 Å². The molecule has 0 unspecified atom stereocenters. The number of para-hydroxylation sites is 2. The van der Waals surface area contributed by atoms with Crippen LogP contribution in [0.1, 0.15) is 62.4 Å². The minimum absolute atomic E-state index is 0. The van der Waals surface area contributed by atoms with E-state index in [9.17, 15) is 0 Å². The van der Waals surface area contributed by atoms with Crippen molar-refractivity contribution in [3.05, 3.63) is 137 Å². The summed E-state index contributed by atoms with van der Waals surface area (Å²) in [6.45, 7) is 17.0. The number of nitrogens with zero attached hydrogens (tertiary/aromatic N) is 3. The number of halogens is 1. The molecule has 0 bridgehead atoms. The third kappa shape index (κ3) is 8.25. The van der Waals surface area contributed by atoms with Gasteiger partial charge in [-0.15, -0.1) is 52.6 Å². The second kappa shape index (κ2) is 15.3. The number of aromatic nitrogens is 3. The van der Waals surface area contributed by atoms with Gasteiger partial charge in [0.2, 0.25) is 0 Å². The van der Waals surface area contributed by atoms with Crippen molar-refractivity contribution in [3.63, 3.8) is 0 Å². The Morgan fingerprint density at radius 3 is 2.32 bits per heavy atom. The first kappa shape index (κ1) is 38.0. The molecule has 0 saturated carbocycles. The van der Waals surface area contributed by atoms with Crippen LogP contribution in [0.25, 0.3) is 66.3 Å². The number of hydrogen-bond acceptors (Lipinski definition) is 4. The Labute approximate surface area is 325 Å². The van der Waals surface area contributed by atoms with Crippen LogP contribution >= 0.6 is 0 Å². The number of hydrogen-bond donors (Lipinski definition) is 0. The molecule has 1 radical (unpaired) electrons. The van der Waals surface area contributed by atoms with Crippen LogP contribution in [0.2, 0.25) is 0 Å². The number of aryl methyl sites for hydroxylation is 3. The van der Waals surface area contributed by atoms with Gasteiger partial charge in [-0.25, -0.2) is 4.39 Å². The summed E-state index contributed by atoms with van der Waals surface area (Å²) in [5.41, 5.74) is 12.3. The van der Waals surface area contributed by atoms with E-state index >= 15 is 4.39 Å². The van der Waals surface area contributed by atoms with Crippen molar-refractivity contribution in [3.8, 4) is 22.5 Å². The van der Waals surface area contributed by atoms with Crippen LogP contribution in [0.4, 0.5) is 4.39 Å². The van der Waals surface area contributed by atoms with Crippen molar-refractivity contribution in [1.82, 2.24) is 15.0 Å². The van der Waals surface area contributed by atoms with E-state index in [0.29, 0.717) is 18.0 Å². The van der Waals surface area contributed by atoms with Gasteiger partial charge < -0.3 is 9.40 Å². The minimum atomic E-state index is -0.194. The van der Waals surface area contributed by atoms with Crippen molar-refractivity contribution in [1.29, 1.82) is 0 Å². The molecular weight excluding hydrogens is 834 g/mol. The Balaban J connectivity index is 0.000000187. The molecule has 0 aliphatic carbocycles. The molecule has 53 heavy (non-hydrogen) atoms. The zero-order chi connectivity index (χ0) is 36.7. The Kier molecular flexibility index (Phi) is 11.0. The van der Waals surface area contributed by atoms with Crippen molar-refractivity contribution in [2.45, 2.75) is 68.2 Å². The average molecular weight is 878 g/mol. The second-order valence-corrected chi connectivity index (χ2v) is 15.6. The maximum Gasteiger partial charge on any atom is 0.126 e. The third-order valence-electron chi connectivity index (χ3n) is 9.14. The van der Waals surface area contributed by atoms with Gasteiger partial charge in [0.05, 0.1) is 16.6 Å². The first-order chi connectivity index (χ1) is 24.8. The minimum Gasteiger partial charge on any atom is -0.501 e. The third-order valence-corrected chi connectivity index (χ3v) is 9.14. The Hall–Kier alpha value is -4.77.